The summed E-state index contributed by atoms with van der Waals surface area (Å²) in [5.41, 5.74) is 7.88. The number of methoxy groups -OCH3 is 1. The number of carbonyl (C=O) groups excluding carboxylic acids is 3. The number of amides is 3. The van der Waals surface area contributed by atoms with Crippen LogP contribution in [-0.2, 0) is 9.53 Å². The molecule has 3 aromatic rings. The maximum atomic E-state index is 12.8. The van der Waals surface area contributed by atoms with Gasteiger partial charge >= 0.3 is 0 Å². The molecule has 0 unspecified atom stereocenters. The molecular formula is C21H19N5O4S. The molecule has 158 valence electrons. The summed E-state index contributed by atoms with van der Waals surface area (Å²) >= 11 is 1.32. The van der Waals surface area contributed by atoms with Gasteiger partial charge in [0.15, 0.2) is 0 Å². The Labute approximate surface area is 181 Å². The Morgan fingerprint density at radius 2 is 2.03 bits per heavy atom. The van der Waals surface area contributed by atoms with Gasteiger partial charge in [-0.2, -0.15) is 0 Å². The summed E-state index contributed by atoms with van der Waals surface area (Å²) in [6, 6.07) is 8.64. The van der Waals surface area contributed by atoms with Crippen molar-refractivity contribution >= 4 is 63.3 Å². The number of allylic oxidation sites excluding steroid dienone is 1. The molecule has 9 nitrogen and oxygen atoms in total. The molecule has 4 N–H and O–H groups in total. The quantitative estimate of drug-likeness (QED) is 0.524. The number of hydrogen-bond acceptors (Lipinski definition) is 6. The lowest BCUT2D eigenvalue weighted by Crippen LogP contribution is -2.29. The van der Waals surface area contributed by atoms with Crippen molar-refractivity contribution < 1.29 is 19.1 Å². The normalized spacial score (nSPS) is 12.4. The number of benzene rings is 1. The van der Waals surface area contributed by atoms with E-state index in [2.05, 4.69) is 15.3 Å². The van der Waals surface area contributed by atoms with Crippen LogP contribution < -0.4 is 16.0 Å². The molecule has 31 heavy (non-hydrogen) atoms. The smallest absolute Gasteiger partial charge is 0.266 e. The number of carbonyl (C=O) groups is 3. The fourth-order valence-electron chi connectivity index (χ4n) is 3.17. The number of aromatic amines is 1. The van der Waals surface area contributed by atoms with Crippen LogP contribution in [0.3, 0.4) is 0 Å². The van der Waals surface area contributed by atoms with E-state index in [9.17, 15) is 14.4 Å². The van der Waals surface area contributed by atoms with Crippen molar-refractivity contribution in [1.29, 1.82) is 0 Å². The first-order valence-corrected chi connectivity index (χ1v) is 10.1. The summed E-state index contributed by atoms with van der Waals surface area (Å²) < 4.78 is 4.88. The number of nitrogens with zero attached hydrogens (tertiary/aromatic N) is 2. The number of fused-ring (bicyclic) bond motifs is 1. The SMILES string of the molecule is COCC(=O)N(C)c1ccc2c(C(N)=O)c(NC(=O)c3ccc(C4=CN=C4)s3)[nH]c2c1. The summed E-state index contributed by atoms with van der Waals surface area (Å²) in [6.07, 6.45) is 3.45. The van der Waals surface area contributed by atoms with Crippen LogP contribution >= 0.6 is 11.3 Å². The molecule has 0 bridgehead atoms. The number of aromatic nitrogens is 1. The highest BCUT2D eigenvalue weighted by Crippen LogP contribution is 2.31. The number of primary amides is 1. The number of aliphatic imine (C=N–C) groups is 1. The van der Waals surface area contributed by atoms with E-state index < -0.39 is 5.91 Å². The van der Waals surface area contributed by atoms with Crippen LogP contribution in [0.4, 0.5) is 11.5 Å². The van der Waals surface area contributed by atoms with Crippen molar-refractivity contribution in [3.05, 3.63) is 51.8 Å². The van der Waals surface area contributed by atoms with Gasteiger partial charge in [0.05, 0.1) is 10.4 Å². The third-order valence-electron chi connectivity index (χ3n) is 4.84. The number of hydrogen-bond donors (Lipinski definition) is 3. The molecular weight excluding hydrogens is 418 g/mol. The Bertz CT molecular complexity index is 1270. The monoisotopic (exact) mass is 437 g/mol. The summed E-state index contributed by atoms with van der Waals surface area (Å²) in [5, 5.41) is 3.28. The van der Waals surface area contributed by atoms with Crippen molar-refractivity contribution in [3.63, 3.8) is 0 Å². The fourth-order valence-corrected chi connectivity index (χ4v) is 4.05. The maximum Gasteiger partial charge on any atom is 0.266 e. The highest BCUT2D eigenvalue weighted by atomic mass is 32.1. The van der Waals surface area contributed by atoms with Crippen LogP contribution in [0.5, 0.6) is 0 Å². The largest absolute Gasteiger partial charge is 0.375 e. The Hall–Kier alpha value is -3.76. The number of nitrogens with one attached hydrogen (secondary N) is 2. The number of thiophene rings is 1. The van der Waals surface area contributed by atoms with Gasteiger partial charge in [-0.1, -0.05) is 0 Å². The molecule has 3 heterocycles. The summed E-state index contributed by atoms with van der Waals surface area (Å²) in [5.74, 6) is -1.07. The molecule has 1 aliphatic rings. The first-order valence-electron chi connectivity index (χ1n) is 9.25. The molecule has 0 aliphatic carbocycles. The van der Waals surface area contributed by atoms with Crippen molar-refractivity contribution in [3.8, 4) is 0 Å². The third kappa shape index (κ3) is 3.86. The van der Waals surface area contributed by atoms with E-state index in [0.29, 0.717) is 21.5 Å². The van der Waals surface area contributed by atoms with Crippen LogP contribution in [0.2, 0.25) is 0 Å². The second kappa shape index (κ2) is 8.17. The first-order chi connectivity index (χ1) is 14.9. The summed E-state index contributed by atoms with van der Waals surface area (Å²) in [7, 11) is 3.07. The first kappa shape index (κ1) is 20.5. The molecule has 4 rings (SSSR count). The Kier molecular flexibility index (Phi) is 5.40. The Balaban J connectivity index is 1.64. The van der Waals surface area contributed by atoms with Gasteiger partial charge in [-0.15, -0.1) is 11.3 Å². The minimum absolute atomic E-state index is 0.0569. The standard InChI is InChI=1S/C21H19N5O4S/c1-26(17(27)10-30-2)12-3-4-13-14(7-12)24-20(18(13)19(22)28)25-21(29)16-6-5-15(31-16)11-8-23-9-11/h3-9,24H,10H2,1-2H3,(H2,22,28)(H,25,29). The zero-order chi connectivity index (χ0) is 22.1. The second-order valence-corrected chi connectivity index (χ2v) is 7.92. The van der Waals surface area contributed by atoms with Crippen LogP contribution in [-0.4, -0.2) is 49.7 Å². The van der Waals surface area contributed by atoms with Gasteiger partial charge in [0.2, 0.25) is 0 Å². The van der Waals surface area contributed by atoms with Crippen molar-refractivity contribution in [1.82, 2.24) is 4.98 Å². The molecule has 0 spiro atoms. The molecule has 0 atom stereocenters. The molecule has 0 radical (unpaired) electrons. The molecule has 0 fully saturated rings. The second-order valence-electron chi connectivity index (χ2n) is 6.84. The maximum absolute atomic E-state index is 12.8. The van der Waals surface area contributed by atoms with Crippen LogP contribution in [0, 0.1) is 0 Å². The number of anilines is 2. The molecule has 1 aliphatic heterocycles. The highest BCUT2D eigenvalue weighted by molar-refractivity contribution is 7.15. The van der Waals surface area contributed by atoms with Gasteiger partial charge in [0, 0.05) is 53.6 Å². The Morgan fingerprint density at radius 3 is 2.68 bits per heavy atom. The summed E-state index contributed by atoms with van der Waals surface area (Å²) in [4.78, 5) is 46.8. The number of nitrogens with two attached hydrogens (primary N) is 1. The van der Waals surface area contributed by atoms with Gasteiger partial charge < -0.3 is 25.7 Å². The molecule has 1 aromatic carbocycles. The minimum Gasteiger partial charge on any atom is -0.375 e. The van der Waals surface area contributed by atoms with E-state index in [4.69, 9.17) is 10.5 Å². The minimum atomic E-state index is -0.680. The van der Waals surface area contributed by atoms with Gasteiger partial charge in [-0.25, -0.2) is 0 Å². The number of H-pyrrole nitrogens is 1. The topological polar surface area (TPSA) is 130 Å². The number of ether oxygens (including phenoxy) is 1. The number of rotatable bonds is 7. The van der Waals surface area contributed by atoms with Gasteiger partial charge in [-0.05, 0) is 30.3 Å². The van der Waals surface area contributed by atoms with E-state index in [-0.39, 0.29) is 29.8 Å². The summed E-state index contributed by atoms with van der Waals surface area (Å²) in [6.45, 7) is -0.0569. The van der Waals surface area contributed by atoms with Crippen molar-refractivity contribution in [2.24, 2.45) is 10.7 Å². The fraction of sp³-hybridized carbons (Fsp3) is 0.143. The average Bonchev–Trinajstić information content (AvgIpc) is 3.30. The molecule has 0 saturated carbocycles. The van der Waals surface area contributed by atoms with E-state index in [1.807, 2.05) is 6.07 Å². The lowest BCUT2D eigenvalue weighted by atomic mass is 10.1. The van der Waals surface area contributed by atoms with Gasteiger partial charge in [0.25, 0.3) is 17.7 Å². The highest BCUT2D eigenvalue weighted by Gasteiger charge is 2.21. The molecule has 3 amide bonds. The lowest BCUT2D eigenvalue weighted by Gasteiger charge is -2.16. The Morgan fingerprint density at radius 1 is 1.26 bits per heavy atom. The zero-order valence-electron chi connectivity index (χ0n) is 16.8. The van der Waals surface area contributed by atoms with Crippen LogP contribution in [0.1, 0.15) is 24.9 Å². The molecule has 2 aromatic heterocycles. The zero-order valence-corrected chi connectivity index (χ0v) is 17.6. The van der Waals surface area contributed by atoms with E-state index in [1.165, 1.54) is 23.3 Å². The van der Waals surface area contributed by atoms with Gasteiger partial charge in [-0.3, -0.25) is 19.4 Å². The van der Waals surface area contributed by atoms with E-state index >= 15 is 0 Å². The van der Waals surface area contributed by atoms with Crippen molar-refractivity contribution in [2.75, 3.05) is 31.0 Å². The lowest BCUT2D eigenvalue weighted by molar-refractivity contribution is -0.121. The van der Waals surface area contributed by atoms with E-state index in [1.54, 1.807) is 43.7 Å². The van der Waals surface area contributed by atoms with Crippen LogP contribution in [0.25, 0.3) is 16.5 Å². The average molecular weight is 437 g/mol. The third-order valence-corrected chi connectivity index (χ3v) is 5.97. The van der Waals surface area contributed by atoms with Crippen LogP contribution in [0.15, 0.2) is 41.5 Å². The predicted molar refractivity (Wildman–Crippen MR) is 121 cm³/mol. The number of likely N-dealkylation sites (N-methyl/N-ethyl adjacent to an activating group) is 1. The van der Waals surface area contributed by atoms with E-state index in [0.717, 1.165) is 10.5 Å². The van der Waals surface area contributed by atoms with Crippen molar-refractivity contribution in [2.45, 2.75) is 0 Å². The molecule has 0 saturated heterocycles. The van der Waals surface area contributed by atoms with Gasteiger partial charge in [0.1, 0.15) is 12.4 Å². The molecule has 10 heteroatoms. The predicted octanol–water partition coefficient (Wildman–Crippen LogP) is 2.62.